The molecule has 0 bridgehead atoms. The summed E-state index contributed by atoms with van der Waals surface area (Å²) in [6.45, 7) is 63.4. The number of hydrogen-bond acceptors (Lipinski definition) is 20. The summed E-state index contributed by atoms with van der Waals surface area (Å²) in [4.78, 5) is 46.0. The molecule has 11 aromatic heterocycles. The van der Waals surface area contributed by atoms with Crippen molar-refractivity contribution in [2.45, 2.75) is 222 Å². The second-order valence-electron chi connectivity index (χ2n) is 15.0. The maximum absolute atomic E-state index is 3.98. The quantitative estimate of drug-likeness (QED) is 0.137. The molecule has 0 aliphatic carbocycles. The van der Waals surface area contributed by atoms with Gasteiger partial charge in [-0.2, -0.15) is 25.5 Å². The lowest BCUT2D eigenvalue weighted by atomic mass is 10.3. The maximum Gasteiger partial charge on any atom is 0.138 e. The monoisotopic (exact) mass is 1350 g/mol. The molecule has 0 aliphatic rings. The van der Waals surface area contributed by atoms with E-state index in [0.29, 0.717) is 0 Å². The van der Waals surface area contributed by atoms with Crippen molar-refractivity contribution in [1.82, 2.24) is 105 Å². The molecule has 0 amide bonds. The van der Waals surface area contributed by atoms with E-state index in [2.05, 4.69) is 101 Å². The van der Waals surface area contributed by atoms with Crippen molar-refractivity contribution >= 4 is 0 Å². The van der Waals surface area contributed by atoms with Crippen LogP contribution in [0.5, 0.6) is 0 Å². The minimum absolute atomic E-state index is 0.822. The Morgan fingerprint density at radius 1 is 0.235 bits per heavy atom. The van der Waals surface area contributed by atoms with Crippen LogP contribution >= 0.6 is 0 Å². The van der Waals surface area contributed by atoms with Crippen LogP contribution in [0.1, 0.15) is 209 Å². The van der Waals surface area contributed by atoms with Gasteiger partial charge in [0.15, 0.2) is 0 Å². The molecule has 98 heavy (non-hydrogen) atoms. The molecule has 0 N–H and O–H groups in total. The Labute approximate surface area is 597 Å². The van der Waals surface area contributed by atoms with E-state index in [1.165, 1.54) is 30.1 Å². The Hall–Kier alpha value is -9.92. The Morgan fingerprint density at radius 2 is 0.704 bits per heavy atom. The summed E-state index contributed by atoms with van der Waals surface area (Å²) in [5.74, 6) is 0.822. The molecule has 21 nitrogen and oxygen atoms in total. The van der Waals surface area contributed by atoms with Gasteiger partial charge in [0, 0.05) is 118 Å². The van der Waals surface area contributed by atoms with Gasteiger partial charge in [-0.15, -0.1) is 10.2 Å². The molecular weight excluding hydrogens is 1220 g/mol. The molecule has 0 atom stereocenters. The van der Waals surface area contributed by atoms with E-state index in [9.17, 15) is 0 Å². The van der Waals surface area contributed by atoms with Gasteiger partial charge in [-0.05, 0) is 152 Å². The van der Waals surface area contributed by atoms with Crippen LogP contribution in [0.15, 0.2) is 210 Å². The summed E-state index contributed by atoms with van der Waals surface area (Å²) in [5, 5.41) is 28.9. The van der Waals surface area contributed by atoms with Crippen LogP contribution in [0.4, 0.5) is 0 Å². The molecule has 11 rings (SSSR count). The number of hydrogen-bond donors (Lipinski definition) is 0. The van der Waals surface area contributed by atoms with Crippen LogP contribution in [0.25, 0.3) is 0 Å². The van der Waals surface area contributed by atoms with Crippen LogP contribution < -0.4 is 0 Å². The lowest BCUT2D eigenvalue weighted by Crippen LogP contribution is -1.85. The van der Waals surface area contributed by atoms with Crippen molar-refractivity contribution in [3.05, 3.63) is 266 Å². The first-order chi connectivity index (χ1) is 47.8. The summed E-state index contributed by atoms with van der Waals surface area (Å²) >= 11 is 0. The lowest BCUT2D eigenvalue weighted by Gasteiger charge is -1.82. The molecule has 0 saturated heterocycles. The molecule has 0 unspecified atom stereocenters. The van der Waals surface area contributed by atoms with E-state index in [1.54, 1.807) is 122 Å². The fraction of sp³-hybridized carbons (Fsp3) is 0.429. The van der Waals surface area contributed by atoms with E-state index in [1.807, 2.05) is 302 Å². The summed E-state index contributed by atoms with van der Waals surface area (Å²) in [6, 6.07) is 23.1. The third-order valence-corrected chi connectivity index (χ3v) is 7.85. The van der Waals surface area contributed by atoms with Crippen LogP contribution in [0, 0.1) is 69.2 Å². The summed E-state index contributed by atoms with van der Waals surface area (Å²) in [6.07, 6.45) is 37.3. The van der Waals surface area contributed by atoms with Crippen molar-refractivity contribution < 1.29 is 0 Å². The van der Waals surface area contributed by atoms with Crippen LogP contribution in [0.2, 0.25) is 0 Å². The van der Waals surface area contributed by atoms with Gasteiger partial charge in [0.05, 0.1) is 35.7 Å². The lowest BCUT2D eigenvalue weighted by molar-refractivity contribution is 0.715. The van der Waals surface area contributed by atoms with Crippen molar-refractivity contribution in [1.29, 1.82) is 0 Å². The molecule has 21 heteroatoms. The van der Waals surface area contributed by atoms with Gasteiger partial charge in [0.2, 0.25) is 0 Å². The van der Waals surface area contributed by atoms with Crippen molar-refractivity contribution in [2.75, 3.05) is 0 Å². The highest BCUT2D eigenvalue weighted by atomic mass is 15.4. The molecule has 0 radical (unpaired) electrons. The Kier molecular flexibility index (Phi) is 125. The minimum Gasteiger partial charge on any atom is -0.265 e. The van der Waals surface area contributed by atoms with Crippen LogP contribution in [-0.4, -0.2) is 105 Å². The second kappa shape index (κ2) is 109. The van der Waals surface area contributed by atoms with Crippen LogP contribution in [-0.2, 0) is 7.05 Å². The van der Waals surface area contributed by atoms with Gasteiger partial charge in [-0.1, -0.05) is 170 Å². The fourth-order valence-electron chi connectivity index (χ4n) is 4.12. The standard InChI is InChI=1S/3C6H7N.6C5H6N2.C4H5N3.C3H5N3.11C2H6/c1-6-2-4-7-5-3-6;1-6-3-2-4-7-5-6;1-6-4-2-3-5-7-6;1-5-2-6-4-7-3-5;1-5-4-6-2-3-7-5;1-5-2-3-6-4-7-5;1-5-2-3-6-7-4-5;1-5-6-3-2-4-7-5;1-5-3-2-4-6-7-5;1-4-2-5-3-6-7-4;1-6-3-2-4-5-6;11*1-2/h3*2-5H,1H3;6*2-4H,1H3;2-3H,1H3;2-3H,1H3;11*1-2H3. The third kappa shape index (κ3) is 105. The first kappa shape index (κ1) is 112. The Balaban J connectivity index is -0.0000000917. The number of aromatic nitrogens is 21. The number of pyridine rings is 3. The van der Waals surface area contributed by atoms with Gasteiger partial charge in [-0.25, -0.2) is 34.9 Å². The topological polar surface area (TPSA) is 263 Å². The smallest absolute Gasteiger partial charge is 0.138 e. The summed E-state index contributed by atoms with van der Waals surface area (Å²) < 4.78 is 1.64. The Morgan fingerprint density at radius 3 is 0.918 bits per heavy atom. The van der Waals surface area contributed by atoms with Gasteiger partial charge in [0.1, 0.15) is 24.8 Å². The summed E-state index contributed by atoms with van der Waals surface area (Å²) in [7, 11) is 1.83. The first-order valence-electron chi connectivity index (χ1n) is 34.2. The fourth-order valence-corrected chi connectivity index (χ4v) is 4.12. The first-order valence-corrected chi connectivity index (χ1v) is 34.2. The van der Waals surface area contributed by atoms with Crippen LogP contribution in [0.3, 0.4) is 0 Å². The highest BCUT2D eigenvalue weighted by Gasteiger charge is 1.80. The average Bonchev–Trinajstić information content (AvgIpc) is 4.23. The zero-order chi connectivity index (χ0) is 77.5. The molecule has 546 valence electrons. The van der Waals surface area contributed by atoms with E-state index < -0.39 is 0 Å². The molecule has 11 heterocycles. The van der Waals surface area contributed by atoms with Gasteiger partial charge in [0.25, 0.3) is 0 Å². The van der Waals surface area contributed by atoms with E-state index in [0.717, 1.165) is 45.4 Å². The average molecular weight is 1350 g/mol. The minimum atomic E-state index is 0.822. The third-order valence-electron chi connectivity index (χ3n) is 7.85. The SMILES string of the molecule is CC.CC.CC.CC.CC.CC.CC.CC.CC.CC.CC.Cc1ccccn1.Cc1cccnc1.Cc1cccnn1.Cc1ccncc1.Cc1ccncn1.Cc1ccnnc1.Cc1cnccn1.Cc1cncnc1.Cc1cncnn1.Cc1ncccn1.Cn1ccnn1. The van der Waals surface area contributed by atoms with Gasteiger partial charge in [-0.3, -0.25) is 29.6 Å². The molecule has 0 fully saturated rings. The molecule has 11 aromatic rings. The molecule has 0 aromatic carbocycles. The normalized spacial score (nSPS) is 7.44. The number of aryl methyl sites for hydroxylation is 11. The highest BCUT2D eigenvalue weighted by molar-refractivity contribution is 5.06. The Bertz CT molecular complexity index is 2260. The molecule has 0 saturated carbocycles. The second-order valence-corrected chi connectivity index (χ2v) is 15.0. The maximum atomic E-state index is 3.98. The van der Waals surface area contributed by atoms with Crippen molar-refractivity contribution in [2.24, 2.45) is 7.05 Å². The van der Waals surface area contributed by atoms with Crippen molar-refractivity contribution in [3.63, 3.8) is 0 Å². The molecular formula is C77H133N21. The predicted octanol–water partition coefficient (Wildman–Crippen LogP) is 20.2. The van der Waals surface area contributed by atoms with Gasteiger partial charge < -0.3 is 0 Å². The zero-order valence-corrected chi connectivity index (χ0v) is 67.0. The highest BCUT2D eigenvalue weighted by Crippen LogP contribution is 1.91. The van der Waals surface area contributed by atoms with Crippen molar-refractivity contribution in [3.8, 4) is 0 Å². The van der Waals surface area contributed by atoms with E-state index >= 15 is 0 Å². The molecule has 0 aliphatic heterocycles. The van der Waals surface area contributed by atoms with Gasteiger partial charge >= 0.3 is 0 Å². The number of nitrogens with zero attached hydrogens (tertiary/aromatic N) is 21. The zero-order valence-electron chi connectivity index (χ0n) is 67.0. The molecule has 0 spiro atoms. The summed E-state index contributed by atoms with van der Waals surface area (Å²) in [5.41, 5.74) is 9.57. The predicted molar refractivity (Wildman–Crippen MR) is 418 cm³/mol. The van der Waals surface area contributed by atoms with E-state index in [-0.39, 0.29) is 0 Å². The largest absolute Gasteiger partial charge is 0.265 e. The number of rotatable bonds is 0. The van der Waals surface area contributed by atoms with E-state index in [4.69, 9.17) is 0 Å².